The molecule has 0 saturated carbocycles. The Bertz CT molecular complexity index is 693. The maximum Gasteiger partial charge on any atom is 0.134 e. The van der Waals surface area contributed by atoms with Gasteiger partial charge in [-0.3, -0.25) is 4.79 Å². The van der Waals surface area contributed by atoms with Crippen molar-refractivity contribution in [2.75, 3.05) is 7.11 Å². The van der Waals surface area contributed by atoms with Gasteiger partial charge in [-0.1, -0.05) is 55.8 Å². The summed E-state index contributed by atoms with van der Waals surface area (Å²) in [6.45, 7) is 14.1. The van der Waals surface area contributed by atoms with Gasteiger partial charge >= 0.3 is 0 Å². The predicted octanol–water partition coefficient (Wildman–Crippen LogP) is 6.66. The first kappa shape index (κ1) is 23.7. The molecule has 0 radical (unpaired) electrons. The van der Waals surface area contributed by atoms with Crippen molar-refractivity contribution in [3.8, 4) is 5.75 Å². The van der Waals surface area contributed by atoms with E-state index >= 15 is 0 Å². The molecule has 142 valence electrons. The summed E-state index contributed by atoms with van der Waals surface area (Å²) in [6, 6.07) is 15.9. The molecule has 2 nitrogen and oxygen atoms in total. The zero-order valence-electron chi connectivity index (χ0n) is 17.6. The molecule has 26 heavy (non-hydrogen) atoms. The van der Waals surface area contributed by atoms with E-state index < -0.39 is 0 Å². The number of carbonyl (C=O) groups excluding carboxylic acids is 1. The van der Waals surface area contributed by atoms with E-state index in [0.717, 1.165) is 11.3 Å². The first-order chi connectivity index (χ1) is 12.3. The summed E-state index contributed by atoms with van der Waals surface area (Å²) in [5.41, 5.74) is 6.35. The van der Waals surface area contributed by atoms with E-state index in [1.807, 2.05) is 50.2 Å². The van der Waals surface area contributed by atoms with Crippen molar-refractivity contribution in [2.24, 2.45) is 0 Å². The minimum Gasteiger partial charge on any atom is -0.497 e. The number of ketones is 1. The van der Waals surface area contributed by atoms with E-state index in [1.165, 1.54) is 22.3 Å². The van der Waals surface area contributed by atoms with Crippen LogP contribution in [0.3, 0.4) is 0 Å². The molecule has 2 rings (SSSR count). The van der Waals surface area contributed by atoms with Crippen LogP contribution in [0.4, 0.5) is 0 Å². The molecule has 0 amide bonds. The van der Waals surface area contributed by atoms with Crippen molar-refractivity contribution in [1.29, 1.82) is 0 Å². The van der Waals surface area contributed by atoms with E-state index in [0.29, 0.717) is 6.42 Å². The third-order valence-corrected chi connectivity index (χ3v) is 3.89. The Labute approximate surface area is 159 Å². The number of hydrogen-bond donors (Lipinski definition) is 0. The number of rotatable bonds is 4. The third kappa shape index (κ3) is 8.66. The van der Waals surface area contributed by atoms with Crippen molar-refractivity contribution < 1.29 is 9.53 Å². The maximum atomic E-state index is 10.6. The highest BCUT2D eigenvalue weighted by molar-refractivity contribution is 5.78. The number of hydrogen-bond acceptors (Lipinski definition) is 2. The molecule has 0 fully saturated rings. The van der Waals surface area contributed by atoms with Gasteiger partial charge in [0.1, 0.15) is 11.5 Å². The fraction of sp³-hybridized carbons (Fsp3) is 0.375. The monoisotopic (exact) mass is 354 g/mol. The molecule has 2 aromatic carbocycles. The Hall–Kier alpha value is -2.35. The Kier molecular flexibility index (Phi) is 11.8. The molecule has 0 N–H and O–H groups in total. The van der Waals surface area contributed by atoms with Crippen LogP contribution in [-0.4, -0.2) is 12.9 Å². The number of aryl methyl sites for hydroxylation is 1. The number of ether oxygens (including phenoxy) is 1. The lowest BCUT2D eigenvalue weighted by Gasteiger charge is -2.10. The predicted molar refractivity (Wildman–Crippen MR) is 114 cm³/mol. The molecular formula is C24H34O2. The van der Waals surface area contributed by atoms with E-state index in [-0.39, 0.29) is 5.78 Å². The van der Waals surface area contributed by atoms with E-state index in [1.54, 1.807) is 14.0 Å². The van der Waals surface area contributed by atoms with Gasteiger partial charge in [-0.15, -0.1) is 0 Å². The van der Waals surface area contributed by atoms with Crippen molar-refractivity contribution in [3.63, 3.8) is 0 Å². The molecule has 0 bridgehead atoms. The number of benzene rings is 2. The molecule has 0 aromatic heterocycles. The van der Waals surface area contributed by atoms with Gasteiger partial charge < -0.3 is 4.74 Å². The van der Waals surface area contributed by atoms with E-state index in [4.69, 9.17) is 4.74 Å². The molecule has 0 aliphatic carbocycles. The summed E-state index contributed by atoms with van der Waals surface area (Å²) < 4.78 is 5.22. The fourth-order valence-electron chi connectivity index (χ4n) is 2.28. The van der Waals surface area contributed by atoms with Crippen LogP contribution in [0.15, 0.2) is 54.1 Å². The fourth-order valence-corrected chi connectivity index (χ4v) is 2.28. The average molecular weight is 355 g/mol. The molecule has 2 aromatic rings. The second-order valence-corrected chi connectivity index (χ2v) is 6.17. The minimum atomic E-state index is 0.214. The molecule has 0 heterocycles. The van der Waals surface area contributed by atoms with Crippen LogP contribution in [0.25, 0.3) is 5.57 Å². The zero-order chi connectivity index (χ0) is 20.1. The normalized spacial score (nSPS) is 9.08. The number of carbonyl (C=O) groups is 1. The lowest BCUT2D eigenvalue weighted by atomic mass is 9.98. The maximum absolute atomic E-state index is 10.6. The van der Waals surface area contributed by atoms with Crippen molar-refractivity contribution in [2.45, 2.75) is 54.9 Å². The van der Waals surface area contributed by atoms with Crippen LogP contribution in [-0.2, 0) is 11.2 Å². The third-order valence-electron chi connectivity index (χ3n) is 3.89. The summed E-state index contributed by atoms with van der Waals surface area (Å²) in [7, 11) is 1.70. The molecule has 0 aliphatic heterocycles. The van der Waals surface area contributed by atoms with Crippen LogP contribution in [0, 0.1) is 6.92 Å². The molecule has 0 unspecified atom stereocenters. The summed E-state index contributed by atoms with van der Waals surface area (Å²) in [4.78, 5) is 10.6. The van der Waals surface area contributed by atoms with Gasteiger partial charge in [0.25, 0.3) is 0 Å². The number of methoxy groups -OCH3 is 1. The van der Waals surface area contributed by atoms with Crippen molar-refractivity contribution in [3.05, 3.63) is 70.8 Å². The number of Topliss-reactive ketones (excluding diaryl/α,β-unsaturated/α-hetero) is 1. The number of allylic oxidation sites excluding steroid dienone is 2. The van der Waals surface area contributed by atoms with Gasteiger partial charge in [0, 0.05) is 6.42 Å². The molecule has 2 heteroatoms. The second kappa shape index (κ2) is 12.9. The largest absolute Gasteiger partial charge is 0.497 e. The van der Waals surface area contributed by atoms with Gasteiger partial charge in [0.15, 0.2) is 0 Å². The van der Waals surface area contributed by atoms with Crippen LogP contribution in [0.5, 0.6) is 5.75 Å². The van der Waals surface area contributed by atoms with E-state index in [9.17, 15) is 4.79 Å². The molecule has 0 aliphatic rings. The summed E-state index contributed by atoms with van der Waals surface area (Å²) in [5, 5.41) is 0. The van der Waals surface area contributed by atoms with Gasteiger partial charge in [-0.2, -0.15) is 0 Å². The van der Waals surface area contributed by atoms with Crippen molar-refractivity contribution >= 4 is 11.4 Å². The lowest BCUT2D eigenvalue weighted by molar-refractivity contribution is -0.116. The quantitative estimate of drug-likeness (QED) is 0.613. The van der Waals surface area contributed by atoms with Gasteiger partial charge in [-0.05, 0) is 69.0 Å². The van der Waals surface area contributed by atoms with Gasteiger partial charge in [0.05, 0.1) is 7.11 Å². The first-order valence-electron chi connectivity index (χ1n) is 9.17. The van der Waals surface area contributed by atoms with E-state index in [2.05, 4.69) is 39.8 Å². The molecule has 0 atom stereocenters. The second-order valence-electron chi connectivity index (χ2n) is 6.17. The van der Waals surface area contributed by atoms with Crippen molar-refractivity contribution in [1.82, 2.24) is 0 Å². The highest BCUT2D eigenvalue weighted by Crippen LogP contribution is 2.25. The Balaban J connectivity index is 0.000000458. The Morgan fingerprint density at radius 1 is 0.923 bits per heavy atom. The molecule has 0 saturated heterocycles. The molecule has 0 spiro atoms. The van der Waals surface area contributed by atoms with Crippen LogP contribution >= 0.6 is 0 Å². The highest BCUT2D eigenvalue weighted by Gasteiger charge is 2.03. The van der Waals surface area contributed by atoms with Gasteiger partial charge in [0.2, 0.25) is 0 Å². The Morgan fingerprint density at radius 3 is 1.96 bits per heavy atom. The minimum absolute atomic E-state index is 0.214. The first-order valence-corrected chi connectivity index (χ1v) is 9.17. The summed E-state index contributed by atoms with van der Waals surface area (Å²) in [5.74, 6) is 1.14. The SMILES string of the molecule is CC.CC(=O)Cc1ccccc1.COc1ccc(C)c(C(C)=C(C)C)c1. The van der Waals surface area contributed by atoms with Crippen LogP contribution in [0.1, 0.15) is 58.2 Å². The lowest BCUT2D eigenvalue weighted by Crippen LogP contribution is -1.94. The highest BCUT2D eigenvalue weighted by atomic mass is 16.5. The summed E-state index contributed by atoms with van der Waals surface area (Å²) in [6.07, 6.45) is 0.556. The molecular weight excluding hydrogens is 320 g/mol. The average Bonchev–Trinajstić information content (AvgIpc) is 2.64. The zero-order valence-corrected chi connectivity index (χ0v) is 17.6. The summed E-state index contributed by atoms with van der Waals surface area (Å²) >= 11 is 0. The standard InChI is InChI=1S/C13H18O.C9H10O.C2H6/c1-9(2)11(4)13-8-12(14-5)7-6-10(13)3;1-8(10)7-9-5-3-2-4-6-9;1-2/h6-8H,1-5H3;2-6H,7H2,1H3;1-2H3. The topological polar surface area (TPSA) is 26.3 Å². The van der Waals surface area contributed by atoms with Gasteiger partial charge in [-0.25, -0.2) is 0 Å². The smallest absolute Gasteiger partial charge is 0.134 e. The van der Waals surface area contributed by atoms with Crippen LogP contribution < -0.4 is 4.74 Å². The Morgan fingerprint density at radius 2 is 1.50 bits per heavy atom. The van der Waals surface area contributed by atoms with Crippen LogP contribution in [0.2, 0.25) is 0 Å².